The van der Waals surface area contributed by atoms with Crippen molar-refractivity contribution in [1.82, 2.24) is 4.72 Å². The number of ether oxygens (including phenoxy) is 1. The first-order valence-corrected chi connectivity index (χ1v) is 10.2. The van der Waals surface area contributed by atoms with Crippen molar-refractivity contribution in [2.24, 2.45) is 0 Å². The third-order valence-electron chi connectivity index (χ3n) is 3.69. The lowest BCUT2D eigenvalue weighted by molar-refractivity contribution is -0.147. The molecule has 0 bridgehead atoms. The summed E-state index contributed by atoms with van der Waals surface area (Å²) in [4.78, 5) is 11.8. The first kappa shape index (κ1) is 18.4. The van der Waals surface area contributed by atoms with Crippen molar-refractivity contribution in [1.29, 1.82) is 0 Å². The highest BCUT2D eigenvalue weighted by Crippen LogP contribution is 2.23. The lowest BCUT2D eigenvalue weighted by Gasteiger charge is -2.30. The van der Waals surface area contributed by atoms with Gasteiger partial charge in [-0.05, 0) is 26.2 Å². The number of hydrogen-bond donors (Lipinski definition) is 1. The number of hydrogen-bond acceptors (Lipinski definition) is 6. The summed E-state index contributed by atoms with van der Waals surface area (Å²) in [5.74, 6) is -0.917. The molecule has 0 spiro atoms. The Morgan fingerprint density at radius 3 is 2.29 bits per heavy atom. The van der Waals surface area contributed by atoms with Crippen LogP contribution in [0.15, 0.2) is 0 Å². The summed E-state index contributed by atoms with van der Waals surface area (Å²) in [6.45, 7) is 3.32. The van der Waals surface area contributed by atoms with Gasteiger partial charge in [-0.3, -0.25) is 4.79 Å². The second-order valence-electron chi connectivity index (χ2n) is 5.57. The predicted molar refractivity (Wildman–Crippen MR) is 79.1 cm³/mol. The minimum absolute atomic E-state index is 0.0566. The number of nitrogens with one attached hydrogen (secondary N) is 1. The van der Waals surface area contributed by atoms with Crippen LogP contribution in [0.5, 0.6) is 0 Å². The fourth-order valence-corrected chi connectivity index (χ4v) is 6.12. The van der Waals surface area contributed by atoms with Gasteiger partial charge in [0, 0.05) is 0 Å². The van der Waals surface area contributed by atoms with E-state index >= 15 is 0 Å². The van der Waals surface area contributed by atoms with Crippen molar-refractivity contribution < 1.29 is 26.4 Å². The summed E-state index contributed by atoms with van der Waals surface area (Å²) < 4.78 is 54.6. The number of methoxy groups -OCH3 is 1. The highest BCUT2D eigenvalue weighted by atomic mass is 32.2. The van der Waals surface area contributed by atoms with E-state index < -0.39 is 36.6 Å². The van der Waals surface area contributed by atoms with Gasteiger partial charge in [-0.2, -0.15) is 4.72 Å². The van der Waals surface area contributed by atoms with Crippen LogP contribution in [0.4, 0.5) is 0 Å². The molecule has 1 heterocycles. The zero-order chi connectivity index (χ0) is 16.3. The maximum Gasteiger partial charge on any atom is 0.326 e. The van der Waals surface area contributed by atoms with Crippen LogP contribution in [-0.2, 0) is 29.4 Å². The fourth-order valence-electron chi connectivity index (χ4n) is 2.50. The lowest BCUT2D eigenvalue weighted by atomic mass is 9.98. The van der Waals surface area contributed by atoms with Gasteiger partial charge >= 0.3 is 5.97 Å². The molecular formula is C12H23NO6S2. The monoisotopic (exact) mass is 341 g/mol. The van der Waals surface area contributed by atoms with Gasteiger partial charge in [0.1, 0.15) is 15.4 Å². The van der Waals surface area contributed by atoms with Crippen LogP contribution in [0.25, 0.3) is 0 Å². The normalized spacial score (nSPS) is 22.4. The van der Waals surface area contributed by atoms with E-state index in [0.29, 0.717) is 12.8 Å². The predicted octanol–water partition coefficient (Wildman–Crippen LogP) is 0.215. The molecule has 1 atom stereocenters. The van der Waals surface area contributed by atoms with E-state index in [-0.39, 0.29) is 24.3 Å². The molecule has 1 rings (SSSR count). The molecule has 0 radical (unpaired) electrons. The van der Waals surface area contributed by atoms with Crippen LogP contribution in [0.1, 0.15) is 39.5 Å². The zero-order valence-electron chi connectivity index (χ0n) is 12.6. The molecule has 1 aliphatic heterocycles. The minimum Gasteiger partial charge on any atom is -0.468 e. The number of carbonyl (C=O) groups excluding carboxylic acids is 1. The summed E-state index contributed by atoms with van der Waals surface area (Å²) >= 11 is 0. The fraction of sp³-hybridized carbons (Fsp3) is 0.917. The summed E-state index contributed by atoms with van der Waals surface area (Å²) in [5, 5.41) is -0.790. The number of sulfonamides is 1. The van der Waals surface area contributed by atoms with Gasteiger partial charge in [-0.25, -0.2) is 16.8 Å². The molecule has 1 N–H and O–H groups in total. The van der Waals surface area contributed by atoms with Crippen LogP contribution in [-0.4, -0.2) is 52.2 Å². The van der Waals surface area contributed by atoms with Gasteiger partial charge in [-0.15, -0.1) is 0 Å². The van der Waals surface area contributed by atoms with Crippen LogP contribution in [0, 0.1) is 0 Å². The van der Waals surface area contributed by atoms with Gasteiger partial charge in [0.15, 0.2) is 0 Å². The van der Waals surface area contributed by atoms with Crippen LogP contribution < -0.4 is 4.72 Å². The second kappa shape index (κ2) is 6.62. The molecule has 1 fully saturated rings. The summed E-state index contributed by atoms with van der Waals surface area (Å²) in [7, 11) is -5.71. The van der Waals surface area contributed by atoms with Gasteiger partial charge in [0.05, 0.1) is 23.9 Å². The Labute approximate surface area is 126 Å². The molecule has 0 aromatic heterocycles. The number of carbonyl (C=O) groups is 1. The molecule has 21 heavy (non-hydrogen) atoms. The molecule has 0 aromatic carbocycles. The molecule has 0 amide bonds. The third kappa shape index (κ3) is 4.65. The van der Waals surface area contributed by atoms with E-state index in [0.717, 1.165) is 0 Å². The topological polar surface area (TPSA) is 107 Å². The van der Waals surface area contributed by atoms with Crippen molar-refractivity contribution in [3.8, 4) is 0 Å². The molecule has 0 aromatic rings. The first-order chi connectivity index (χ1) is 9.56. The highest BCUT2D eigenvalue weighted by molar-refractivity contribution is 7.92. The van der Waals surface area contributed by atoms with E-state index in [9.17, 15) is 21.6 Å². The van der Waals surface area contributed by atoms with Gasteiger partial charge < -0.3 is 4.74 Å². The Hall–Kier alpha value is -0.670. The van der Waals surface area contributed by atoms with Crippen LogP contribution >= 0.6 is 0 Å². The van der Waals surface area contributed by atoms with E-state index in [1.807, 2.05) is 6.92 Å². The maximum atomic E-state index is 12.4. The summed E-state index contributed by atoms with van der Waals surface area (Å²) in [5.41, 5.74) is -1.32. The van der Waals surface area contributed by atoms with Crippen LogP contribution in [0.2, 0.25) is 0 Å². The summed E-state index contributed by atoms with van der Waals surface area (Å²) in [6, 6.07) is 0. The van der Waals surface area contributed by atoms with E-state index in [4.69, 9.17) is 0 Å². The number of esters is 1. The van der Waals surface area contributed by atoms with Crippen molar-refractivity contribution in [3.63, 3.8) is 0 Å². The molecule has 1 saturated heterocycles. The average molecular weight is 341 g/mol. The molecule has 9 heteroatoms. The largest absolute Gasteiger partial charge is 0.468 e. The molecule has 0 aliphatic carbocycles. The minimum atomic E-state index is -3.78. The maximum absolute atomic E-state index is 12.4. The summed E-state index contributed by atoms with van der Waals surface area (Å²) in [6.07, 6.45) is 1.03. The van der Waals surface area contributed by atoms with Gasteiger partial charge in [0.2, 0.25) is 10.0 Å². The number of sulfone groups is 1. The van der Waals surface area contributed by atoms with E-state index in [2.05, 4.69) is 9.46 Å². The first-order valence-electron chi connectivity index (χ1n) is 6.88. The van der Waals surface area contributed by atoms with Crippen molar-refractivity contribution in [2.45, 2.75) is 50.3 Å². The van der Waals surface area contributed by atoms with E-state index in [1.54, 1.807) is 0 Å². The van der Waals surface area contributed by atoms with Gasteiger partial charge in [-0.1, -0.05) is 13.3 Å². The standard InChI is InChI=1S/C12H23NO6S2/c1-4-7-12(2,11(14)19-3)13-21(17,18)10-5-8-20(15,16)9-6-10/h10,13H,4-9H2,1-3H3. The SMILES string of the molecule is CCCC(C)(NS(=O)(=O)C1CCS(=O)(=O)CC1)C(=O)OC. The van der Waals surface area contributed by atoms with E-state index in [1.165, 1.54) is 14.0 Å². The molecule has 0 saturated carbocycles. The second-order valence-corrected chi connectivity index (χ2v) is 9.84. The van der Waals surface area contributed by atoms with Crippen LogP contribution in [0.3, 0.4) is 0 Å². The highest BCUT2D eigenvalue weighted by Gasteiger charge is 2.41. The Morgan fingerprint density at radius 1 is 1.33 bits per heavy atom. The average Bonchev–Trinajstić information content (AvgIpc) is 2.36. The zero-order valence-corrected chi connectivity index (χ0v) is 14.2. The quantitative estimate of drug-likeness (QED) is 0.692. The molecule has 1 aliphatic rings. The molecule has 124 valence electrons. The van der Waals surface area contributed by atoms with Gasteiger partial charge in [0.25, 0.3) is 0 Å². The Balaban J connectivity index is 2.90. The van der Waals surface area contributed by atoms with Crippen molar-refractivity contribution in [2.75, 3.05) is 18.6 Å². The smallest absolute Gasteiger partial charge is 0.326 e. The van der Waals surface area contributed by atoms with Crippen molar-refractivity contribution >= 4 is 25.8 Å². The molecular weight excluding hydrogens is 318 g/mol. The number of rotatable bonds is 6. The Morgan fingerprint density at radius 2 is 1.86 bits per heavy atom. The van der Waals surface area contributed by atoms with Crippen molar-refractivity contribution in [3.05, 3.63) is 0 Å². The molecule has 1 unspecified atom stereocenters. The lowest BCUT2D eigenvalue weighted by Crippen LogP contribution is -2.55. The Bertz CT molecular complexity index is 569. The third-order valence-corrected chi connectivity index (χ3v) is 7.49. The Kier molecular flexibility index (Phi) is 5.79. The molecule has 7 nitrogen and oxygen atoms in total.